The highest BCUT2D eigenvalue weighted by atomic mass is 32.1. The minimum atomic E-state index is 0. The Morgan fingerprint density at radius 3 is 2.00 bits per heavy atom. The zero-order valence-electron chi connectivity index (χ0n) is 5.59. The topological polar surface area (TPSA) is 0 Å². The molecule has 50 valence electrons. The summed E-state index contributed by atoms with van der Waals surface area (Å²) >= 11 is 0. The molecule has 0 saturated carbocycles. The van der Waals surface area contributed by atoms with Crippen LogP contribution in [0, 0.1) is 0 Å². The number of hydrogen-bond donors (Lipinski definition) is 0. The summed E-state index contributed by atoms with van der Waals surface area (Å²) in [6.07, 6.45) is 1.14. The summed E-state index contributed by atoms with van der Waals surface area (Å²) in [6.45, 7) is 2.16. The van der Waals surface area contributed by atoms with Gasteiger partial charge in [-0.1, -0.05) is 37.3 Å². The summed E-state index contributed by atoms with van der Waals surface area (Å²) in [4.78, 5) is 0. The van der Waals surface area contributed by atoms with Crippen molar-refractivity contribution in [3.8, 4) is 0 Å². The molecule has 9 heavy (non-hydrogen) atoms. The largest absolute Gasteiger partial charge is 0.197 e. The van der Waals surface area contributed by atoms with E-state index in [0.717, 1.165) is 6.42 Å². The van der Waals surface area contributed by atoms with Gasteiger partial charge in [-0.15, -0.1) is 0 Å². The number of rotatable bonds is 1. The van der Waals surface area contributed by atoms with Crippen molar-refractivity contribution in [1.82, 2.24) is 0 Å². The number of benzene rings is 1. The SMILES string of the molecule is CCc1ccccc1.S. The lowest BCUT2D eigenvalue weighted by molar-refractivity contribution is 1.14. The third-order valence-electron chi connectivity index (χ3n) is 1.25. The zero-order chi connectivity index (χ0) is 5.82. The predicted molar refractivity (Wildman–Crippen MR) is 46.2 cm³/mol. The third kappa shape index (κ3) is 2.56. The Labute approximate surface area is 63.4 Å². The number of hydrogen-bond acceptors (Lipinski definition) is 0. The van der Waals surface area contributed by atoms with Crippen molar-refractivity contribution in [2.75, 3.05) is 0 Å². The van der Waals surface area contributed by atoms with E-state index < -0.39 is 0 Å². The van der Waals surface area contributed by atoms with Crippen LogP contribution in [0.25, 0.3) is 0 Å². The molecular formula is C8H12S. The van der Waals surface area contributed by atoms with E-state index in [9.17, 15) is 0 Å². The second-order valence-electron chi connectivity index (χ2n) is 1.84. The van der Waals surface area contributed by atoms with Crippen LogP contribution in [0.2, 0.25) is 0 Å². The van der Waals surface area contributed by atoms with Crippen LogP contribution in [0.15, 0.2) is 30.3 Å². The van der Waals surface area contributed by atoms with E-state index in [1.165, 1.54) is 5.56 Å². The van der Waals surface area contributed by atoms with Crippen molar-refractivity contribution in [2.45, 2.75) is 13.3 Å². The van der Waals surface area contributed by atoms with Crippen molar-refractivity contribution < 1.29 is 0 Å². The number of aryl methyl sites for hydroxylation is 1. The monoisotopic (exact) mass is 140 g/mol. The van der Waals surface area contributed by atoms with Gasteiger partial charge in [0.1, 0.15) is 0 Å². The van der Waals surface area contributed by atoms with Crippen LogP contribution in [-0.2, 0) is 6.42 Å². The highest BCUT2D eigenvalue weighted by Crippen LogP contribution is 1.96. The molecule has 0 heterocycles. The smallest absolute Gasteiger partial charge is 0.0307 e. The molecular weight excluding hydrogens is 128 g/mol. The molecule has 0 fully saturated rings. The summed E-state index contributed by atoms with van der Waals surface area (Å²) in [5, 5.41) is 0. The van der Waals surface area contributed by atoms with Crippen molar-refractivity contribution in [3.63, 3.8) is 0 Å². The van der Waals surface area contributed by atoms with E-state index in [4.69, 9.17) is 0 Å². The molecule has 0 spiro atoms. The van der Waals surface area contributed by atoms with E-state index in [2.05, 4.69) is 31.2 Å². The molecule has 0 N–H and O–H groups in total. The van der Waals surface area contributed by atoms with Gasteiger partial charge in [-0.25, -0.2) is 0 Å². The molecule has 0 aliphatic carbocycles. The molecule has 0 nitrogen and oxygen atoms in total. The Kier molecular flexibility index (Phi) is 4.24. The first-order valence-corrected chi connectivity index (χ1v) is 2.97. The summed E-state index contributed by atoms with van der Waals surface area (Å²) in [5.74, 6) is 0. The minimum absolute atomic E-state index is 0. The molecule has 0 unspecified atom stereocenters. The summed E-state index contributed by atoms with van der Waals surface area (Å²) in [5.41, 5.74) is 1.41. The van der Waals surface area contributed by atoms with Crippen molar-refractivity contribution >= 4 is 13.5 Å². The van der Waals surface area contributed by atoms with Gasteiger partial charge in [0.2, 0.25) is 0 Å². The zero-order valence-corrected chi connectivity index (χ0v) is 6.59. The Morgan fingerprint density at radius 1 is 1.11 bits per heavy atom. The molecule has 0 bridgehead atoms. The van der Waals surface area contributed by atoms with E-state index in [1.54, 1.807) is 0 Å². The Bertz CT molecular complexity index is 146. The van der Waals surface area contributed by atoms with Gasteiger partial charge in [0.15, 0.2) is 0 Å². The molecule has 1 aromatic carbocycles. The van der Waals surface area contributed by atoms with Gasteiger partial charge >= 0.3 is 0 Å². The molecule has 0 aliphatic rings. The van der Waals surface area contributed by atoms with Gasteiger partial charge in [0.05, 0.1) is 0 Å². The van der Waals surface area contributed by atoms with Crippen LogP contribution in [0.5, 0.6) is 0 Å². The Hall–Kier alpha value is -0.430. The van der Waals surface area contributed by atoms with E-state index in [-0.39, 0.29) is 13.5 Å². The van der Waals surface area contributed by atoms with Crippen LogP contribution in [-0.4, -0.2) is 0 Å². The van der Waals surface area contributed by atoms with Gasteiger partial charge in [-0.2, -0.15) is 13.5 Å². The van der Waals surface area contributed by atoms with Gasteiger partial charge in [-0.05, 0) is 12.0 Å². The third-order valence-corrected chi connectivity index (χ3v) is 1.25. The molecule has 1 rings (SSSR count). The van der Waals surface area contributed by atoms with Gasteiger partial charge in [0, 0.05) is 0 Å². The molecule has 0 aromatic heterocycles. The summed E-state index contributed by atoms with van der Waals surface area (Å²) < 4.78 is 0. The van der Waals surface area contributed by atoms with Crippen LogP contribution < -0.4 is 0 Å². The first-order chi connectivity index (χ1) is 3.93. The minimum Gasteiger partial charge on any atom is -0.197 e. The average molecular weight is 140 g/mol. The van der Waals surface area contributed by atoms with Gasteiger partial charge < -0.3 is 0 Å². The molecule has 1 aromatic rings. The van der Waals surface area contributed by atoms with Crippen LogP contribution in [0.1, 0.15) is 12.5 Å². The maximum Gasteiger partial charge on any atom is -0.0307 e. The second-order valence-corrected chi connectivity index (χ2v) is 1.84. The Balaban J connectivity index is 0.000000640. The quantitative estimate of drug-likeness (QED) is 0.561. The summed E-state index contributed by atoms with van der Waals surface area (Å²) in [6, 6.07) is 10.5. The lowest BCUT2D eigenvalue weighted by atomic mass is 10.2. The molecule has 0 amide bonds. The molecule has 0 radical (unpaired) electrons. The van der Waals surface area contributed by atoms with Crippen molar-refractivity contribution in [1.29, 1.82) is 0 Å². The van der Waals surface area contributed by atoms with Crippen molar-refractivity contribution in [2.24, 2.45) is 0 Å². The maximum absolute atomic E-state index is 2.16. The maximum atomic E-state index is 2.16. The lowest BCUT2D eigenvalue weighted by Gasteiger charge is -1.89. The first-order valence-electron chi connectivity index (χ1n) is 2.97. The first kappa shape index (κ1) is 8.57. The highest BCUT2D eigenvalue weighted by Gasteiger charge is 1.79. The highest BCUT2D eigenvalue weighted by molar-refractivity contribution is 7.59. The fraction of sp³-hybridized carbons (Fsp3) is 0.250. The average Bonchev–Trinajstić information content (AvgIpc) is 1.90. The fourth-order valence-corrected chi connectivity index (χ4v) is 0.714. The molecule has 1 heteroatoms. The molecule has 0 saturated heterocycles. The lowest BCUT2D eigenvalue weighted by Crippen LogP contribution is -1.73. The summed E-state index contributed by atoms with van der Waals surface area (Å²) in [7, 11) is 0. The van der Waals surface area contributed by atoms with Crippen LogP contribution in [0.3, 0.4) is 0 Å². The second kappa shape index (κ2) is 4.45. The van der Waals surface area contributed by atoms with E-state index in [0.29, 0.717) is 0 Å². The van der Waals surface area contributed by atoms with Gasteiger partial charge in [-0.3, -0.25) is 0 Å². The normalized spacial score (nSPS) is 8.11. The standard InChI is InChI=1S/C8H10.H2S/c1-2-8-6-4-3-5-7-8;/h3-7H,2H2,1H3;1H2. The van der Waals surface area contributed by atoms with Crippen LogP contribution >= 0.6 is 13.5 Å². The predicted octanol–water partition coefficient (Wildman–Crippen LogP) is 2.36. The van der Waals surface area contributed by atoms with Crippen LogP contribution in [0.4, 0.5) is 0 Å². The van der Waals surface area contributed by atoms with Crippen molar-refractivity contribution in [3.05, 3.63) is 35.9 Å². The molecule has 0 aliphatic heterocycles. The van der Waals surface area contributed by atoms with E-state index in [1.807, 2.05) is 6.07 Å². The Morgan fingerprint density at radius 2 is 1.67 bits per heavy atom. The molecule has 0 atom stereocenters. The van der Waals surface area contributed by atoms with E-state index >= 15 is 0 Å². The van der Waals surface area contributed by atoms with Gasteiger partial charge in [0.25, 0.3) is 0 Å². The fourth-order valence-electron chi connectivity index (χ4n) is 0.714.